The van der Waals surface area contributed by atoms with E-state index in [1.54, 1.807) is 0 Å². The van der Waals surface area contributed by atoms with Gasteiger partial charge in [0.2, 0.25) is 5.88 Å². The van der Waals surface area contributed by atoms with E-state index in [1.807, 2.05) is 12.1 Å². The molecular weight excluding hydrogens is 250 g/mol. The molecule has 1 rings (SSSR count). The van der Waals surface area contributed by atoms with Crippen molar-refractivity contribution >= 4 is 0 Å². The van der Waals surface area contributed by atoms with Gasteiger partial charge in [-0.25, -0.2) is 0 Å². The molecule has 0 amide bonds. The van der Waals surface area contributed by atoms with Gasteiger partial charge in [0.05, 0.1) is 12.3 Å². The number of nitrogens with one attached hydrogen (secondary N) is 1. The third-order valence-corrected chi connectivity index (χ3v) is 3.13. The van der Waals surface area contributed by atoms with Gasteiger partial charge in [0.1, 0.15) is 0 Å². The fraction of sp³-hybridized carbons (Fsp3) is 0.750. The maximum atomic E-state index is 5.60. The first-order valence-corrected chi connectivity index (χ1v) is 7.91. The molecule has 1 aromatic rings. The van der Waals surface area contributed by atoms with Crippen LogP contribution in [0.2, 0.25) is 0 Å². The van der Waals surface area contributed by atoms with Crippen LogP contribution in [0.4, 0.5) is 0 Å². The average molecular weight is 279 g/mol. The molecule has 4 heteroatoms. The molecule has 0 saturated carbocycles. The number of rotatable bonds is 11. The van der Waals surface area contributed by atoms with Crippen LogP contribution < -0.4 is 10.1 Å². The van der Waals surface area contributed by atoms with Gasteiger partial charge >= 0.3 is 0 Å². The minimum atomic E-state index is 0.459. The Morgan fingerprint density at radius 1 is 1.05 bits per heavy atom. The lowest BCUT2D eigenvalue weighted by Crippen LogP contribution is -2.22. The largest absolute Gasteiger partial charge is 0.477 e. The summed E-state index contributed by atoms with van der Waals surface area (Å²) in [6, 6.07) is 4.33. The van der Waals surface area contributed by atoms with Gasteiger partial charge in [-0.15, -0.1) is 5.10 Å². The second kappa shape index (κ2) is 10.6. The van der Waals surface area contributed by atoms with E-state index in [-0.39, 0.29) is 0 Å². The monoisotopic (exact) mass is 279 g/mol. The summed E-state index contributed by atoms with van der Waals surface area (Å²) in [4.78, 5) is 0. The molecular formula is C16H29N3O. The zero-order valence-corrected chi connectivity index (χ0v) is 13.2. The zero-order valence-electron chi connectivity index (χ0n) is 13.2. The molecule has 20 heavy (non-hydrogen) atoms. The molecule has 4 nitrogen and oxygen atoms in total. The smallest absolute Gasteiger partial charge is 0.233 e. The van der Waals surface area contributed by atoms with Crippen molar-refractivity contribution in [3.63, 3.8) is 0 Å². The van der Waals surface area contributed by atoms with Crippen LogP contribution in [0.5, 0.6) is 5.88 Å². The molecule has 1 N–H and O–H groups in total. The highest BCUT2D eigenvalue weighted by molar-refractivity contribution is 5.11. The predicted octanol–water partition coefficient (Wildman–Crippen LogP) is 3.71. The van der Waals surface area contributed by atoms with Crippen molar-refractivity contribution in [1.29, 1.82) is 0 Å². The standard InChI is InChI=1S/C16H29N3O/c1-4-5-6-7-8-9-12-20-16-11-10-15(18-19-16)13-17-14(2)3/h10-11,14,17H,4-9,12-13H2,1-3H3. The average Bonchev–Trinajstić information content (AvgIpc) is 2.45. The Balaban J connectivity index is 2.12. The molecule has 0 atom stereocenters. The Labute approximate surface area is 123 Å². The maximum Gasteiger partial charge on any atom is 0.233 e. The van der Waals surface area contributed by atoms with Crippen LogP contribution in [0.25, 0.3) is 0 Å². The fourth-order valence-corrected chi connectivity index (χ4v) is 1.89. The number of unbranched alkanes of at least 4 members (excludes halogenated alkanes) is 5. The second-order valence-corrected chi connectivity index (χ2v) is 5.51. The SMILES string of the molecule is CCCCCCCCOc1ccc(CNC(C)C)nn1. The molecule has 0 unspecified atom stereocenters. The van der Waals surface area contributed by atoms with E-state index in [0.717, 1.165) is 25.3 Å². The normalized spacial score (nSPS) is 11.0. The summed E-state index contributed by atoms with van der Waals surface area (Å²) < 4.78 is 5.60. The molecule has 0 aliphatic carbocycles. The Hall–Kier alpha value is -1.16. The summed E-state index contributed by atoms with van der Waals surface area (Å²) in [5.74, 6) is 0.631. The highest BCUT2D eigenvalue weighted by atomic mass is 16.5. The van der Waals surface area contributed by atoms with Crippen LogP contribution in [-0.2, 0) is 6.54 Å². The third kappa shape index (κ3) is 8.10. The highest BCUT2D eigenvalue weighted by Crippen LogP contribution is 2.08. The van der Waals surface area contributed by atoms with Crippen molar-refractivity contribution in [3.8, 4) is 5.88 Å². The van der Waals surface area contributed by atoms with Crippen LogP contribution >= 0.6 is 0 Å². The van der Waals surface area contributed by atoms with Crippen LogP contribution in [0.1, 0.15) is 65.0 Å². The van der Waals surface area contributed by atoms with E-state index in [1.165, 1.54) is 32.1 Å². The molecule has 114 valence electrons. The van der Waals surface area contributed by atoms with Crippen molar-refractivity contribution in [2.45, 2.75) is 71.9 Å². The fourth-order valence-electron chi connectivity index (χ4n) is 1.89. The zero-order chi connectivity index (χ0) is 14.6. The Kier molecular flexibility index (Phi) is 8.96. The van der Waals surface area contributed by atoms with E-state index in [4.69, 9.17) is 4.74 Å². The summed E-state index contributed by atoms with van der Waals surface area (Å²) in [5.41, 5.74) is 0.950. The van der Waals surface area contributed by atoms with Crippen molar-refractivity contribution in [2.75, 3.05) is 6.61 Å². The minimum Gasteiger partial charge on any atom is -0.477 e. The quantitative estimate of drug-likeness (QED) is 0.627. The van der Waals surface area contributed by atoms with Crippen LogP contribution in [-0.4, -0.2) is 22.8 Å². The van der Waals surface area contributed by atoms with Gasteiger partial charge in [0, 0.05) is 18.7 Å². The number of ether oxygens (including phenoxy) is 1. The summed E-state index contributed by atoms with van der Waals surface area (Å²) >= 11 is 0. The molecule has 0 aliphatic rings. The van der Waals surface area contributed by atoms with Gasteiger partial charge in [-0.3, -0.25) is 0 Å². The molecule has 0 fully saturated rings. The van der Waals surface area contributed by atoms with Crippen LogP contribution in [0.15, 0.2) is 12.1 Å². The van der Waals surface area contributed by atoms with E-state index in [2.05, 4.69) is 36.3 Å². The first-order valence-electron chi connectivity index (χ1n) is 7.91. The summed E-state index contributed by atoms with van der Waals surface area (Å²) in [5, 5.41) is 11.6. The van der Waals surface area contributed by atoms with Gasteiger partial charge in [-0.05, 0) is 12.5 Å². The molecule has 0 aromatic carbocycles. The van der Waals surface area contributed by atoms with Gasteiger partial charge < -0.3 is 10.1 Å². The lowest BCUT2D eigenvalue weighted by molar-refractivity contribution is 0.289. The second-order valence-electron chi connectivity index (χ2n) is 5.51. The lowest BCUT2D eigenvalue weighted by Gasteiger charge is -2.08. The number of hydrogen-bond acceptors (Lipinski definition) is 4. The maximum absolute atomic E-state index is 5.60. The Bertz CT molecular complexity index is 338. The van der Waals surface area contributed by atoms with Gasteiger partial charge in [0.25, 0.3) is 0 Å². The van der Waals surface area contributed by atoms with E-state index in [0.29, 0.717) is 11.9 Å². The van der Waals surface area contributed by atoms with Crippen molar-refractivity contribution < 1.29 is 4.74 Å². The summed E-state index contributed by atoms with van der Waals surface area (Å²) in [7, 11) is 0. The number of aromatic nitrogens is 2. The molecule has 0 spiro atoms. The molecule has 0 aliphatic heterocycles. The molecule has 0 saturated heterocycles. The molecule has 1 heterocycles. The van der Waals surface area contributed by atoms with E-state index < -0.39 is 0 Å². The number of nitrogens with zero attached hydrogens (tertiary/aromatic N) is 2. The van der Waals surface area contributed by atoms with Gasteiger partial charge in [0.15, 0.2) is 0 Å². The minimum absolute atomic E-state index is 0.459. The van der Waals surface area contributed by atoms with Crippen molar-refractivity contribution in [2.24, 2.45) is 0 Å². The van der Waals surface area contributed by atoms with Crippen LogP contribution in [0.3, 0.4) is 0 Å². The predicted molar refractivity (Wildman–Crippen MR) is 82.9 cm³/mol. The highest BCUT2D eigenvalue weighted by Gasteiger charge is 2.00. The molecule has 1 aromatic heterocycles. The van der Waals surface area contributed by atoms with Crippen LogP contribution in [0, 0.1) is 0 Å². The molecule has 0 bridgehead atoms. The topological polar surface area (TPSA) is 47.0 Å². The Morgan fingerprint density at radius 3 is 2.45 bits per heavy atom. The Morgan fingerprint density at radius 2 is 1.80 bits per heavy atom. The first-order chi connectivity index (χ1) is 9.72. The van der Waals surface area contributed by atoms with Gasteiger partial charge in [-0.2, -0.15) is 5.10 Å². The first kappa shape index (κ1) is 16.9. The molecule has 0 radical (unpaired) electrons. The lowest BCUT2D eigenvalue weighted by atomic mass is 10.1. The van der Waals surface area contributed by atoms with Crippen molar-refractivity contribution in [3.05, 3.63) is 17.8 Å². The van der Waals surface area contributed by atoms with Crippen molar-refractivity contribution in [1.82, 2.24) is 15.5 Å². The van der Waals surface area contributed by atoms with E-state index >= 15 is 0 Å². The van der Waals surface area contributed by atoms with E-state index in [9.17, 15) is 0 Å². The summed E-state index contributed by atoms with van der Waals surface area (Å²) in [6.07, 6.45) is 7.63. The third-order valence-electron chi connectivity index (χ3n) is 3.13. The van der Waals surface area contributed by atoms with Gasteiger partial charge in [-0.1, -0.05) is 52.9 Å². The number of hydrogen-bond donors (Lipinski definition) is 1. The summed E-state index contributed by atoms with van der Waals surface area (Å²) in [6.45, 7) is 7.96.